The molecule has 0 N–H and O–H groups in total. The molecule has 6 heteroatoms. The molecule has 1 aromatic carbocycles. The van der Waals surface area contributed by atoms with Gasteiger partial charge in [-0.2, -0.15) is 0 Å². The van der Waals surface area contributed by atoms with E-state index in [1.54, 1.807) is 4.90 Å². The van der Waals surface area contributed by atoms with E-state index in [4.69, 9.17) is 0 Å². The van der Waals surface area contributed by atoms with Gasteiger partial charge in [-0.3, -0.25) is 9.59 Å². The molecule has 0 saturated carbocycles. The van der Waals surface area contributed by atoms with Crippen molar-refractivity contribution < 1.29 is 18.4 Å². The Morgan fingerprint density at radius 1 is 1.04 bits per heavy atom. The van der Waals surface area contributed by atoms with E-state index in [1.807, 2.05) is 0 Å². The maximum absolute atomic E-state index is 13.2. The molecule has 4 nitrogen and oxygen atoms in total. The van der Waals surface area contributed by atoms with Crippen LogP contribution in [0.3, 0.4) is 0 Å². The van der Waals surface area contributed by atoms with Crippen molar-refractivity contribution in [2.75, 3.05) is 32.7 Å². The van der Waals surface area contributed by atoms with Crippen LogP contribution in [0.2, 0.25) is 0 Å². The lowest BCUT2D eigenvalue weighted by atomic mass is 10.1. The molecule has 1 aliphatic rings. The first-order chi connectivity index (χ1) is 11.5. The molecule has 1 heterocycles. The Kier molecular flexibility index (Phi) is 6.85. The van der Waals surface area contributed by atoms with Gasteiger partial charge in [0.2, 0.25) is 5.91 Å². The zero-order valence-electron chi connectivity index (χ0n) is 14.1. The molecular weight excluding hydrogens is 314 g/mol. The third-order valence-electron chi connectivity index (χ3n) is 4.29. The molecule has 0 aromatic heterocycles. The van der Waals surface area contributed by atoms with E-state index in [0.717, 1.165) is 44.6 Å². The number of carbonyl (C=O) groups is 2. The first kappa shape index (κ1) is 18.5. The molecule has 1 aromatic rings. The van der Waals surface area contributed by atoms with Gasteiger partial charge in [0.05, 0.1) is 0 Å². The molecule has 0 aliphatic carbocycles. The van der Waals surface area contributed by atoms with Crippen LogP contribution < -0.4 is 0 Å². The van der Waals surface area contributed by atoms with E-state index in [-0.39, 0.29) is 30.1 Å². The molecule has 24 heavy (non-hydrogen) atoms. The summed E-state index contributed by atoms with van der Waals surface area (Å²) in [5, 5.41) is 0. The van der Waals surface area contributed by atoms with Crippen molar-refractivity contribution in [2.24, 2.45) is 0 Å². The number of hydrogen-bond acceptors (Lipinski definition) is 3. The van der Waals surface area contributed by atoms with E-state index in [1.165, 1.54) is 6.07 Å². The zero-order valence-corrected chi connectivity index (χ0v) is 14.1. The molecule has 0 atom stereocenters. The molecule has 0 unspecified atom stereocenters. The summed E-state index contributed by atoms with van der Waals surface area (Å²) >= 11 is 0. The van der Waals surface area contributed by atoms with Gasteiger partial charge in [-0.15, -0.1) is 0 Å². The van der Waals surface area contributed by atoms with Crippen LogP contribution in [0.15, 0.2) is 18.2 Å². The maximum Gasteiger partial charge on any atom is 0.223 e. The van der Waals surface area contributed by atoms with Gasteiger partial charge in [0, 0.05) is 38.0 Å². The monoisotopic (exact) mass is 338 g/mol. The third-order valence-corrected chi connectivity index (χ3v) is 4.29. The predicted molar refractivity (Wildman–Crippen MR) is 87.9 cm³/mol. The van der Waals surface area contributed by atoms with Crippen LogP contribution >= 0.6 is 0 Å². The minimum Gasteiger partial charge on any atom is -0.341 e. The van der Waals surface area contributed by atoms with Crippen LogP contribution in [0.25, 0.3) is 0 Å². The Bertz CT molecular complexity index is 592. The molecule has 1 saturated heterocycles. The van der Waals surface area contributed by atoms with Crippen LogP contribution in [-0.2, 0) is 4.79 Å². The summed E-state index contributed by atoms with van der Waals surface area (Å²) in [6, 6.07) is 3.07. The van der Waals surface area contributed by atoms with Gasteiger partial charge in [-0.1, -0.05) is 6.92 Å². The average Bonchev–Trinajstić information content (AvgIpc) is 2.81. The maximum atomic E-state index is 13.2. The highest BCUT2D eigenvalue weighted by molar-refractivity contribution is 5.97. The Morgan fingerprint density at radius 2 is 1.83 bits per heavy atom. The third kappa shape index (κ3) is 5.09. The summed E-state index contributed by atoms with van der Waals surface area (Å²) in [6.45, 7) is 6.41. The fourth-order valence-corrected chi connectivity index (χ4v) is 2.95. The smallest absolute Gasteiger partial charge is 0.223 e. The Hall–Kier alpha value is -1.82. The van der Waals surface area contributed by atoms with E-state index in [9.17, 15) is 18.4 Å². The standard InChI is InChI=1S/C18H24F2N2O2/c1-2-8-21-9-3-10-22(12-11-21)18(24)7-6-17(23)14-4-5-15(19)16(20)13-14/h4-5,13H,2-3,6-12H2,1H3. The molecule has 132 valence electrons. The van der Waals surface area contributed by atoms with E-state index in [0.29, 0.717) is 13.1 Å². The number of hydrogen-bond donors (Lipinski definition) is 0. The normalized spacial score (nSPS) is 16.0. The summed E-state index contributed by atoms with van der Waals surface area (Å²) in [5.41, 5.74) is 0.103. The zero-order chi connectivity index (χ0) is 17.5. The Balaban J connectivity index is 1.83. The first-order valence-electron chi connectivity index (χ1n) is 8.49. The van der Waals surface area contributed by atoms with Gasteiger partial charge < -0.3 is 9.80 Å². The van der Waals surface area contributed by atoms with Crippen molar-refractivity contribution in [3.63, 3.8) is 0 Å². The minimum absolute atomic E-state index is 0.0130. The quantitative estimate of drug-likeness (QED) is 0.749. The largest absolute Gasteiger partial charge is 0.341 e. The molecular formula is C18H24F2N2O2. The minimum atomic E-state index is -1.05. The number of amides is 1. The lowest BCUT2D eigenvalue weighted by Crippen LogP contribution is -2.35. The molecule has 0 radical (unpaired) electrons. The van der Waals surface area contributed by atoms with Crippen molar-refractivity contribution in [1.29, 1.82) is 0 Å². The van der Waals surface area contributed by atoms with Crippen molar-refractivity contribution in [3.05, 3.63) is 35.4 Å². The van der Waals surface area contributed by atoms with Crippen LogP contribution in [0, 0.1) is 11.6 Å². The van der Waals surface area contributed by atoms with Crippen molar-refractivity contribution >= 4 is 11.7 Å². The van der Waals surface area contributed by atoms with Crippen molar-refractivity contribution in [1.82, 2.24) is 9.80 Å². The topological polar surface area (TPSA) is 40.6 Å². The van der Waals surface area contributed by atoms with Gasteiger partial charge in [0.1, 0.15) is 0 Å². The SMILES string of the molecule is CCCN1CCCN(C(=O)CCC(=O)c2ccc(F)c(F)c2)CC1. The lowest BCUT2D eigenvalue weighted by Gasteiger charge is -2.21. The number of Topliss-reactive ketones (excluding diaryl/α,β-unsaturated/α-hetero) is 1. The second-order valence-electron chi connectivity index (χ2n) is 6.13. The number of ketones is 1. The van der Waals surface area contributed by atoms with Gasteiger partial charge in [-0.05, 0) is 44.1 Å². The molecule has 1 fully saturated rings. The number of rotatable bonds is 6. The van der Waals surface area contributed by atoms with Gasteiger partial charge >= 0.3 is 0 Å². The van der Waals surface area contributed by atoms with E-state index < -0.39 is 11.6 Å². The highest BCUT2D eigenvalue weighted by Gasteiger charge is 2.20. The molecule has 1 aliphatic heterocycles. The number of nitrogens with zero attached hydrogens (tertiary/aromatic N) is 2. The van der Waals surface area contributed by atoms with E-state index in [2.05, 4.69) is 11.8 Å². The molecule has 0 spiro atoms. The fourth-order valence-electron chi connectivity index (χ4n) is 2.95. The number of carbonyl (C=O) groups excluding carboxylic acids is 2. The van der Waals surface area contributed by atoms with Crippen molar-refractivity contribution in [3.8, 4) is 0 Å². The Labute approximate surface area is 141 Å². The summed E-state index contributed by atoms with van der Waals surface area (Å²) < 4.78 is 26.1. The summed E-state index contributed by atoms with van der Waals surface area (Å²) in [6.07, 6.45) is 2.14. The summed E-state index contributed by atoms with van der Waals surface area (Å²) in [4.78, 5) is 28.5. The first-order valence-corrected chi connectivity index (χ1v) is 8.49. The molecule has 0 bridgehead atoms. The van der Waals surface area contributed by atoms with E-state index >= 15 is 0 Å². The van der Waals surface area contributed by atoms with Crippen LogP contribution in [0.1, 0.15) is 43.0 Å². The molecule has 2 rings (SSSR count). The number of halogens is 2. The second-order valence-corrected chi connectivity index (χ2v) is 6.13. The fraction of sp³-hybridized carbons (Fsp3) is 0.556. The Morgan fingerprint density at radius 3 is 2.54 bits per heavy atom. The van der Waals surface area contributed by atoms with Crippen LogP contribution in [0.5, 0.6) is 0 Å². The van der Waals surface area contributed by atoms with Crippen LogP contribution in [0.4, 0.5) is 8.78 Å². The average molecular weight is 338 g/mol. The van der Waals surface area contributed by atoms with Gasteiger partial charge in [-0.25, -0.2) is 8.78 Å². The highest BCUT2D eigenvalue weighted by Crippen LogP contribution is 2.13. The second kappa shape index (κ2) is 8.87. The lowest BCUT2D eigenvalue weighted by molar-refractivity contribution is -0.131. The predicted octanol–water partition coefficient (Wildman–Crippen LogP) is 2.87. The molecule has 1 amide bonds. The number of benzene rings is 1. The highest BCUT2D eigenvalue weighted by atomic mass is 19.2. The summed E-state index contributed by atoms with van der Waals surface area (Å²) in [7, 11) is 0. The van der Waals surface area contributed by atoms with Gasteiger partial charge in [0.15, 0.2) is 17.4 Å². The van der Waals surface area contributed by atoms with Gasteiger partial charge in [0.25, 0.3) is 0 Å². The van der Waals surface area contributed by atoms with Crippen LogP contribution in [-0.4, -0.2) is 54.2 Å². The van der Waals surface area contributed by atoms with Crippen molar-refractivity contribution in [2.45, 2.75) is 32.6 Å². The summed E-state index contributed by atoms with van der Waals surface area (Å²) in [5.74, 6) is -2.42.